The molecule has 0 radical (unpaired) electrons. The molecule has 11 nitrogen and oxygen atoms in total. The molecule has 1 aliphatic rings. The number of hydrogen-bond donors (Lipinski definition) is 4. The number of nitriles is 1. The van der Waals surface area contributed by atoms with Gasteiger partial charge in [0, 0.05) is 31.0 Å². The Morgan fingerprint density at radius 3 is 2.81 bits per heavy atom. The Bertz CT molecular complexity index is 1200. The van der Waals surface area contributed by atoms with Gasteiger partial charge in [0.1, 0.15) is 30.1 Å². The van der Waals surface area contributed by atoms with Gasteiger partial charge in [-0.25, -0.2) is 4.98 Å². The van der Waals surface area contributed by atoms with E-state index >= 15 is 0 Å². The SMILES string of the molecule is CNCC(=O)N1CCC(c2cc(C#N)c(NCCOc3cccnc3)nc2Nc2cc(C)[nH]n2)CC1. The number of hydrogen-bond acceptors (Lipinski definition) is 9. The zero-order valence-corrected chi connectivity index (χ0v) is 20.5. The van der Waals surface area contributed by atoms with E-state index in [0.717, 1.165) is 24.1 Å². The molecule has 0 aromatic carbocycles. The van der Waals surface area contributed by atoms with E-state index < -0.39 is 0 Å². The number of aromatic amines is 1. The molecule has 1 amide bonds. The number of pyridine rings is 2. The van der Waals surface area contributed by atoms with Crippen molar-refractivity contribution < 1.29 is 9.53 Å². The second kappa shape index (κ2) is 12.0. The summed E-state index contributed by atoms with van der Waals surface area (Å²) in [5.74, 6) is 2.72. The molecule has 1 saturated heterocycles. The molecule has 36 heavy (non-hydrogen) atoms. The summed E-state index contributed by atoms with van der Waals surface area (Å²) in [7, 11) is 1.77. The van der Waals surface area contributed by atoms with Crippen molar-refractivity contribution in [3.05, 3.63) is 53.5 Å². The minimum absolute atomic E-state index is 0.102. The van der Waals surface area contributed by atoms with Crippen LogP contribution in [0.1, 0.15) is 35.6 Å². The Morgan fingerprint density at radius 2 is 2.14 bits per heavy atom. The number of H-pyrrole nitrogens is 1. The van der Waals surface area contributed by atoms with E-state index in [1.54, 1.807) is 19.4 Å². The van der Waals surface area contributed by atoms with Crippen LogP contribution < -0.4 is 20.7 Å². The molecule has 1 fully saturated rings. The van der Waals surface area contributed by atoms with E-state index in [0.29, 0.717) is 61.6 Å². The van der Waals surface area contributed by atoms with Crippen LogP contribution in [-0.2, 0) is 4.79 Å². The Morgan fingerprint density at radius 1 is 1.31 bits per heavy atom. The van der Waals surface area contributed by atoms with Gasteiger partial charge in [-0.3, -0.25) is 14.9 Å². The molecule has 188 valence electrons. The number of amides is 1. The molecular weight excluding hydrogens is 458 g/mol. The number of rotatable bonds is 10. The summed E-state index contributed by atoms with van der Waals surface area (Å²) in [5.41, 5.74) is 2.34. The zero-order chi connectivity index (χ0) is 25.3. The first-order valence-corrected chi connectivity index (χ1v) is 12.0. The predicted octanol–water partition coefficient (Wildman–Crippen LogP) is 2.54. The molecule has 11 heteroatoms. The van der Waals surface area contributed by atoms with Crippen molar-refractivity contribution in [2.24, 2.45) is 0 Å². The summed E-state index contributed by atoms with van der Waals surface area (Å²) < 4.78 is 5.69. The molecule has 0 atom stereocenters. The van der Waals surface area contributed by atoms with Crippen LogP contribution >= 0.6 is 0 Å². The van der Waals surface area contributed by atoms with Crippen LogP contribution in [0.15, 0.2) is 36.7 Å². The van der Waals surface area contributed by atoms with Crippen LogP contribution in [0.2, 0.25) is 0 Å². The first-order valence-electron chi connectivity index (χ1n) is 12.0. The fourth-order valence-corrected chi connectivity index (χ4v) is 4.24. The van der Waals surface area contributed by atoms with Crippen LogP contribution in [0.4, 0.5) is 17.5 Å². The van der Waals surface area contributed by atoms with Gasteiger partial charge in [-0.2, -0.15) is 10.4 Å². The maximum absolute atomic E-state index is 12.3. The molecule has 0 bridgehead atoms. The van der Waals surface area contributed by atoms with Crippen molar-refractivity contribution >= 4 is 23.4 Å². The van der Waals surface area contributed by atoms with E-state index in [1.165, 1.54) is 0 Å². The normalized spacial score (nSPS) is 13.8. The third kappa shape index (κ3) is 6.28. The van der Waals surface area contributed by atoms with Gasteiger partial charge < -0.3 is 25.6 Å². The quantitative estimate of drug-likeness (QED) is 0.316. The fraction of sp³-hybridized carbons (Fsp3) is 0.400. The number of aromatic nitrogens is 4. The smallest absolute Gasteiger partial charge is 0.236 e. The highest BCUT2D eigenvalue weighted by molar-refractivity contribution is 5.78. The number of nitrogens with one attached hydrogen (secondary N) is 4. The number of likely N-dealkylation sites (N-methyl/N-ethyl adjacent to an activating group) is 1. The number of piperidine rings is 1. The maximum Gasteiger partial charge on any atom is 0.236 e. The number of anilines is 3. The fourth-order valence-electron chi connectivity index (χ4n) is 4.24. The minimum atomic E-state index is 0.102. The van der Waals surface area contributed by atoms with E-state index in [2.05, 4.69) is 37.2 Å². The lowest BCUT2D eigenvalue weighted by molar-refractivity contribution is -0.131. The van der Waals surface area contributed by atoms with E-state index in [9.17, 15) is 10.1 Å². The molecule has 0 saturated carbocycles. The van der Waals surface area contributed by atoms with Crippen molar-refractivity contribution in [1.82, 2.24) is 30.4 Å². The Balaban J connectivity index is 1.51. The Kier molecular flexibility index (Phi) is 8.31. The molecule has 0 spiro atoms. The number of carbonyl (C=O) groups is 1. The molecule has 4 N–H and O–H groups in total. The maximum atomic E-state index is 12.3. The molecule has 0 unspecified atom stereocenters. The van der Waals surface area contributed by atoms with Gasteiger partial charge in [0.05, 0.1) is 24.8 Å². The van der Waals surface area contributed by atoms with Crippen molar-refractivity contribution in [3.63, 3.8) is 0 Å². The van der Waals surface area contributed by atoms with Crippen molar-refractivity contribution in [2.45, 2.75) is 25.7 Å². The highest BCUT2D eigenvalue weighted by atomic mass is 16.5. The third-order valence-corrected chi connectivity index (χ3v) is 6.04. The number of carbonyl (C=O) groups excluding carboxylic acids is 1. The number of aryl methyl sites for hydroxylation is 1. The minimum Gasteiger partial charge on any atom is -0.490 e. The molecule has 0 aliphatic carbocycles. The van der Waals surface area contributed by atoms with Gasteiger partial charge in [-0.15, -0.1) is 0 Å². The van der Waals surface area contributed by atoms with Crippen LogP contribution in [0.25, 0.3) is 0 Å². The number of nitrogens with zero attached hydrogens (tertiary/aromatic N) is 5. The lowest BCUT2D eigenvalue weighted by atomic mass is 9.88. The van der Waals surface area contributed by atoms with Crippen molar-refractivity contribution in [2.75, 3.05) is 50.5 Å². The monoisotopic (exact) mass is 489 g/mol. The van der Waals surface area contributed by atoms with E-state index in [-0.39, 0.29) is 11.8 Å². The molecule has 4 rings (SSSR count). The highest BCUT2D eigenvalue weighted by Gasteiger charge is 2.27. The molecule has 3 aromatic heterocycles. The summed E-state index contributed by atoms with van der Waals surface area (Å²) in [6, 6.07) is 9.72. The Hall–Kier alpha value is -4.17. The second-order valence-corrected chi connectivity index (χ2v) is 8.64. The van der Waals surface area contributed by atoms with Crippen molar-refractivity contribution in [1.29, 1.82) is 5.26 Å². The Labute approximate surface area is 210 Å². The standard InChI is InChI=1S/C25H31N9O2/c1-17-12-22(33-32-17)30-25-21(18-5-9-34(10-6-18)23(35)16-27-2)13-19(14-26)24(31-25)29-8-11-36-20-4-3-7-28-15-20/h3-4,7,12-13,15,18,27H,5-6,8-11,16H2,1-2H3,(H3,29,30,31,32,33). The van der Waals surface area contributed by atoms with Gasteiger partial charge >= 0.3 is 0 Å². The van der Waals surface area contributed by atoms with Crippen LogP contribution in [0, 0.1) is 18.3 Å². The zero-order valence-electron chi connectivity index (χ0n) is 20.5. The highest BCUT2D eigenvalue weighted by Crippen LogP contribution is 2.35. The van der Waals surface area contributed by atoms with Crippen LogP contribution in [0.5, 0.6) is 5.75 Å². The molecular formula is C25H31N9O2. The third-order valence-electron chi connectivity index (χ3n) is 6.04. The van der Waals surface area contributed by atoms with Gasteiger partial charge in [-0.05, 0) is 56.5 Å². The topological polar surface area (TPSA) is 144 Å². The summed E-state index contributed by atoms with van der Waals surface area (Å²) in [4.78, 5) is 23.0. The molecule has 3 aromatic rings. The van der Waals surface area contributed by atoms with Gasteiger partial charge in [0.15, 0.2) is 5.82 Å². The molecule has 1 aliphatic heterocycles. The number of likely N-dealkylation sites (tertiary alicyclic amines) is 1. The van der Waals surface area contributed by atoms with E-state index in [1.807, 2.05) is 36.1 Å². The van der Waals surface area contributed by atoms with Crippen molar-refractivity contribution in [3.8, 4) is 11.8 Å². The first kappa shape index (κ1) is 24.9. The average molecular weight is 490 g/mol. The van der Waals surface area contributed by atoms with Crippen LogP contribution in [-0.4, -0.2) is 70.8 Å². The lowest BCUT2D eigenvalue weighted by Gasteiger charge is -2.33. The summed E-state index contributed by atoms with van der Waals surface area (Å²) in [6.07, 6.45) is 4.93. The first-order chi connectivity index (χ1) is 17.6. The summed E-state index contributed by atoms with van der Waals surface area (Å²) in [5, 5.41) is 26.6. The van der Waals surface area contributed by atoms with Crippen LogP contribution in [0.3, 0.4) is 0 Å². The van der Waals surface area contributed by atoms with Gasteiger partial charge in [0.25, 0.3) is 0 Å². The summed E-state index contributed by atoms with van der Waals surface area (Å²) in [6.45, 7) is 4.45. The lowest BCUT2D eigenvalue weighted by Crippen LogP contribution is -2.42. The van der Waals surface area contributed by atoms with E-state index in [4.69, 9.17) is 9.72 Å². The van der Waals surface area contributed by atoms with Gasteiger partial charge in [0.2, 0.25) is 5.91 Å². The molecule has 4 heterocycles. The predicted molar refractivity (Wildman–Crippen MR) is 136 cm³/mol. The largest absolute Gasteiger partial charge is 0.490 e. The summed E-state index contributed by atoms with van der Waals surface area (Å²) >= 11 is 0. The number of ether oxygens (including phenoxy) is 1. The van der Waals surface area contributed by atoms with Gasteiger partial charge in [-0.1, -0.05) is 0 Å². The second-order valence-electron chi connectivity index (χ2n) is 8.64. The average Bonchev–Trinajstić information content (AvgIpc) is 3.32.